The van der Waals surface area contributed by atoms with E-state index in [1.54, 1.807) is 27.7 Å². The van der Waals surface area contributed by atoms with E-state index in [9.17, 15) is 9.59 Å². The normalized spacial score (nSPS) is 11.2. The van der Waals surface area contributed by atoms with Crippen molar-refractivity contribution in [2.75, 3.05) is 12.4 Å². The number of aromatic nitrogens is 2. The fourth-order valence-electron chi connectivity index (χ4n) is 2.55. The Morgan fingerprint density at radius 3 is 2.72 bits per heavy atom. The molecule has 2 rings (SSSR count). The molecule has 5 nitrogen and oxygen atoms in total. The lowest BCUT2D eigenvalue weighted by molar-refractivity contribution is -0.143. The van der Waals surface area contributed by atoms with Gasteiger partial charge in [0.25, 0.3) is 5.56 Å². The van der Waals surface area contributed by atoms with Gasteiger partial charge in [0.05, 0.1) is 12.0 Å². The average molecular weight is 383 g/mol. The van der Waals surface area contributed by atoms with Gasteiger partial charge < -0.3 is 4.74 Å². The number of carbonyl (C=O) groups is 1. The predicted molar refractivity (Wildman–Crippen MR) is 105 cm³/mol. The minimum absolute atomic E-state index is 0.0631. The van der Waals surface area contributed by atoms with Crippen LogP contribution in [-0.4, -0.2) is 27.9 Å². The van der Waals surface area contributed by atoms with Crippen LogP contribution in [0.1, 0.15) is 50.0 Å². The van der Waals surface area contributed by atoms with Gasteiger partial charge in [0.2, 0.25) is 0 Å². The summed E-state index contributed by atoms with van der Waals surface area (Å²) in [5.41, 5.74) is 1.11. The van der Waals surface area contributed by atoms with Crippen molar-refractivity contribution < 1.29 is 9.53 Å². The van der Waals surface area contributed by atoms with Crippen molar-refractivity contribution >= 4 is 39.3 Å². The molecule has 0 fully saturated rings. The smallest absolute Gasteiger partial charge is 0.305 e. The summed E-state index contributed by atoms with van der Waals surface area (Å²) in [5.74, 6) is 0.575. The third-order valence-electron chi connectivity index (χ3n) is 4.05. The Hall–Kier alpha value is -1.34. The van der Waals surface area contributed by atoms with Crippen LogP contribution in [0.4, 0.5) is 0 Å². The number of hydrogen-bond donors (Lipinski definition) is 0. The highest BCUT2D eigenvalue weighted by Gasteiger charge is 2.16. The molecule has 0 radical (unpaired) electrons. The Labute approximate surface area is 156 Å². The van der Waals surface area contributed by atoms with Gasteiger partial charge in [-0.3, -0.25) is 14.2 Å². The zero-order valence-corrected chi connectivity index (χ0v) is 17.0. The minimum atomic E-state index is -0.167. The predicted octanol–water partition coefficient (Wildman–Crippen LogP) is 4.31. The van der Waals surface area contributed by atoms with Crippen LogP contribution in [-0.2, 0) is 16.1 Å². The van der Waals surface area contributed by atoms with Crippen molar-refractivity contribution in [2.45, 2.75) is 65.1 Å². The first-order valence-corrected chi connectivity index (χ1v) is 10.6. The molecule has 0 aliphatic rings. The molecule has 0 amide bonds. The first kappa shape index (κ1) is 20.0. The van der Waals surface area contributed by atoms with Crippen molar-refractivity contribution in [1.29, 1.82) is 0 Å². The lowest BCUT2D eigenvalue weighted by atomic mass is 10.2. The molecule has 2 heterocycles. The Morgan fingerprint density at radius 2 is 2.04 bits per heavy atom. The van der Waals surface area contributed by atoms with Crippen LogP contribution in [0.25, 0.3) is 10.2 Å². The maximum atomic E-state index is 13.0. The fraction of sp³-hybridized carbons (Fsp3) is 0.611. The van der Waals surface area contributed by atoms with Gasteiger partial charge in [-0.15, -0.1) is 11.3 Å². The maximum Gasteiger partial charge on any atom is 0.305 e. The molecular formula is C18H26N2O3S2. The van der Waals surface area contributed by atoms with Gasteiger partial charge in [0.15, 0.2) is 5.16 Å². The monoisotopic (exact) mass is 382 g/mol. The Bertz CT molecular complexity index is 796. The zero-order chi connectivity index (χ0) is 18.4. The van der Waals surface area contributed by atoms with Gasteiger partial charge in [-0.05, 0) is 39.2 Å². The molecule has 0 N–H and O–H groups in total. The Balaban J connectivity index is 2.21. The first-order valence-electron chi connectivity index (χ1n) is 8.78. The molecule has 0 bridgehead atoms. The van der Waals surface area contributed by atoms with Crippen LogP contribution in [0.3, 0.4) is 0 Å². The molecule has 0 aliphatic carbocycles. The molecule has 0 aliphatic heterocycles. The molecule has 7 heteroatoms. The summed E-state index contributed by atoms with van der Waals surface area (Å²) in [6.07, 6.45) is 3.10. The van der Waals surface area contributed by atoms with E-state index in [1.165, 1.54) is 0 Å². The maximum absolute atomic E-state index is 13.0. The third-order valence-corrected chi connectivity index (χ3v) is 6.21. The number of carbonyl (C=O) groups excluding carboxylic acids is 1. The number of thioether (sulfide) groups is 1. The number of esters is 1. The van der Waals surface area contributed by atoms with Crippen molar-refractivity contribution in [3.8, 4) is 0 Å². The molecule has 2 aromatic rings. The first-order chi connectivity index (χ1) is 12.0. The number of rotatable bonds is 9. The Kier molecular flexibility index (Phi) is 7.50. The van der Waals surface area contributed by atoms with Gasteiger partial charge in [0.1, 0.15) is 4.83 Å². The summed E-state index contributed by atoms with van der Waals surface area (Å²) >= 11 is 3.13. The Morgan fingerprint density at radius 1 is 1.28 bits per heavy atom. The summed E-state index contributed by atoms with van der Waals surface area (Å²) in [5, 5.41) is 1.52. The number of fused-ring (bicyclic) bond motifs is 1. The molecular weight excluding hydrogens is 356 g/mol. The molecule has 138 valence electrons. The van der Waals surface area contributed by atoms with E-state index in [2.05, 4.69) is 6.92 Å². The lowest BCUT2D eigenvalue weighted by Crippen LogP contribution is -2.23. The van der Waals surface area contributed by atoms with Crippen molar-refractivity contribution in [2.24, 2.45) is 0 Å². The highest BCUT2D eigenvalue weighted by molar-refractivity contribution is 7.99. The van der Waals surface area contributed by atoms with Crippen LogP contribution < -0.4 is 5.56 Å². The summed E-state index contributed by atoms with van der Waals surface area (Å²) in [4.78, 5) is 31.1. The summed E-state index contributed by atoms with van der Waals surface area (Å²) < 4.78 is 6.75. The lowest BCUT2D eigenvalue weighted by Gasteiger charge is -2.11. The molecule has 0 spiro atoms. The van der Waals surface area contributed by atoms with E-state index < -0.39 is 0 Å². The second-order valence-electron chi connectivity index (χ2n) is 5.93. The largest absolute Gasteiger partial charge is 0.466 e. The van der Waals surface area contributed by atoms with E-state index in [0.717, 1.165) is 44.4 Å². The van der Waals surface area contributed by atoms with Crippen molar-refractivity contribution in [3.63, 3.8) is 0 Å². The van der Waals surface area contributed by atoms with Crippen LogP contribution in [0.5, 0.6) is 0 Å². The van der Waals surface area contributed by atoms with Gasteiger partial charge in [-0.2, -0.15) is 0 Å². The summed E-state index contributed by atoms with van der Waals surface area (Å²) in [6, 6.07) is 0. The minimum Gasteiger partial charge on any atom is -0.466 e. The number of ether oxygens (including phenoxy) is 1. The van der Waals surface area contributed by atoms with E-state index in [1.807, 2.05) is 20.8 Å². The standard InChI is InChI=1S/C18H26N2O3S2/c1-5-7-10-20-17(22)15-12(3)13(4)25-16(15)19-18(20)24-11-8-9-14(21)23-6-2/h5-11H2,1-4H3. The molecule has 0 aromatic carbocycles. The third kappa shape index (κ3) is 4.85. The van der Waals surface area contributed by atoms with Crippen LogP contribution in [0.15, 0.2) is 9.95 Å². The quantitative estimate of drug-likeness (QED) is 0.280. The van der Waals surface area contributed by atoms with Gasteiger partial charge in [-0.1, -0.05) is 25.1 Å². The molecule has 0 unspecified atom stereocenters. The number of aryl methyl sites for hydroxylation is 2. The fourth-order valence-corrected chi connectivity index (χ4v) is 4.58. The zero-order valence-electron chi connectivity index (χ0n) is 15.4. The number of thiophene rings is 1. The number of hydrogen-bond acceptors (Lipinski definition) is 6. The molecule has 0 saturated heterocycles. The summed E-state index contributed by atoms with van der Waals surface area (Å²) in [7, 11) is 0. The topological polar surface area (TPSA) is 61.2 Å². The molecule has 0 atom stereocenters. The van der Waals surface area contributed by atoms with Gasteiger partial charge >= 0.3 is 5.97 Å². The second-order valence-corrected chi connectivity index (χ2v) is 8.19. The number of nitrogens with zero attached hydrogens (tertiary/aromatic N) is 2. The van der Waals surface area contributed by atoms with E-state index in [-0.39, 0.29) is 11.5 Å². The molecule has 25 heavy (non-hydrogen) atoms. The number of unbranched alkanes of at least 4 members (excludes halogenated alkanes) is 1. The molecule has 0 saturated carbocycles. The van der Waals surface area contributed by atoms with Crippen molar-refractivity contribution in [3.05, 3.63) is 20.8 Å². The van der Waals surface area contributed by atoms with Crippen LogP contribution in [0, 0.1) is 13.8 Å². The van der Waals surface area contributed by atoms with E-state index in [0.29, 0.717) is 26.0 Å². The van der Waals surface area contributed by atoms with Crippen molar-refractivity contribution in [1.82, 2.24) is 9.55 Å². The SMILES string of the molecule is CCCCn1c(SCCCC(=O)OCC)nc2sc(C)c(C)c2c1=O. The second kappa shape index (κ2) is 9.38. The van der Waals surface area contributed by atoms with Gasteiger partial charge in [-0.25, -0.2) is 4.98 Å². The highest BCUT2D eigenvalue weighted by Crippen LogP contribution is 2.28. The van der Waals surface area contributed by atoms with E-state index in [4.69, 9.17) is 9.72 Å². The average Bonchev–Trinajstić information content (AvgIpc) is 2.86. The van der Waals surface area contributed by atoms with Crippen LogP contribution in [0.2, 0.25) is 0 Å². The summed E-state index contributed by atoms with van der Waals surface area (Å²) in [6.45, 7) is 9.05. The van der Waals surface area contributed by atoms with Gasteiger partial charge in [0, 0.05) is 23.6 Å². The molecule has 2 aromatic heterocycles. The van der Waals surface area contributed by atoms with Crippen LogP contribution >= 0.6 is 23.1 Å². The van der Waals surface area contributed by atoms with E-state index >= 15 is 0 Å². The highest BCUT2D eigenvalue weighted by atomic mass is 32.2.